The Hall–Kier alpha value is -2.48. The van der Waals surface area contributed by atoms with E-state index in [4.69, 9.17) is 4.74 Å². The molecule has 0 atom stereocenters. The number of anilines is 2. The molecule has 3 aromatic rings. The number of methoxy groups -OCH3 is 1. The van der Waals surface area contributed by atoms with Crippen LogP contribution in [0.25, 0.3) is 10.8 Å². The van der Waals surface area contributed by atoms with Crippen LogP contribution in [0.1, 0.15) is 0 Å². The van der Waals surface area contributed by atoms with E-state index < -0.39 is 0 Å². The molecule has 100 valence electrons. The Morgan fingerprint density at radius 1 is 0.850 bits per heavy atom. The summed E-state index contributed by atoms with van der Waals surface area (Å²) in [5.74, 6) is 0.870. The van der Waals surface area contributed by atoms with Crippen LogP contribution in [0.4, 0.5) is 11.4 Å². The normalized spacial score (nSPS) is 10.5. The lowest BCUT2D eigenvalue weighted by molar-refractivity contribution is 0.415. The summed E-state index contributed by atoms with van der Waals surface area (Å²) in [6.45, 7) is 0. The third-order valence-corrected chi connectivity index (χ3v) is 3.57. The predicted molar refractivity (Wildman–Crippen MR) is 85.0 cm³/mol. The van der Waals surface area contributed by atoms with Crippen LogP contribution >= 0.6 is 0 Å². The highest BCUT2D eigenvalue weighted by atomic mass is 16.5. The number of ether oxygens (including phenoxy) is 1. The van der Waals surface area contributed by atoms with Gasteiger partial charge in [0.1, 0.15) is 5.75 Å². The van der Waals surface area contributed by atoms with E-state index in [0.29, 0.717) is 0 Å². The van der Waals surface area contributed by atoms with Crippen LogP contribution in [0, 0.1) is 0 Å². The van der Waals surface area contributed by atoms with E-state index in [2.05, 4.69) is 60.5 Å². The van der Waals surface area contributed by atoms with Gasteiger partial charge in [-0.25, -0.2) is 0 Å². The van der Waals surface area contributed by atoms with Gasteiger partial charge in [0.05, 0.1) is 7.11 Å². The summed E-state index contributed by atoms with van der Waals surface area (Å²) in [4.78, 5) is 2.19. The smallest absolute Gasteiger partial charge is 0.120 e. The molecule has 0 N–H and O–H groups in total. The second-order valence-electron chi connectivity index (χ2n) is 4.76. The summed E-state index contributed by atoms with van der Waals surface area (Å²) >= 11 is 0. The Bertz CT molecular complexity index is 731. The third kappa shape index (κ3) is 2.21. The molecular weight excluding hydrogens is 246 g/mol. The predicted octanol–water partition coefficient (Wildman–Crippen LogP) is 4.62. The van der Waals surface area contributed by atoms with Gasteiger partial charge in [-0.2, -0.15) is 0 Å². The van der Waals surface area contributed by atoms with E-state index >= 15 is 0 Å². The topological polar surface area (TPSA) is 12.5 Å². The zero-order valence-corrected chi connectivity index (χ0v) is 11.7. The molecule has 2 nitrogen and oxygen atoms in total. The van der Waals surface area contributed by atoms with E-state index in [1.807, 2.05) is 18.2 Å². The van der Waals surface area contributed by atoms with Crippen molar-refractivity contribution in [3.8, 4) is 5.75 Å². The second kappa shape index (κ2) is 5.25. The molecule has 2 heteroatoms. The lowest BCUT2D eigenvalue weighted by atomic mass is 10.1. The Morgan fingerprint density at radius 3 is 2.45 bits per heavy atom. The van der Waals surface area contributed by atoms with E-state index in [-0.39, 0.29) is 0 Å². The van der Waals surface area contributed by atoms with Crippen LogP contribution in [-0.2, 0) is 0 Å². The molecule has 0 aliphatic carbocycles. The molecule has 0 aliphatic heterocycles. The first kappa shape index (κ1) is 12.5. The van der Waals surface area contributed by atoms with Gasteiger partial charge in [-0.15, -0.1) is 0 Å². The fourth-order valence-electron chi connectivity index (χ4n) is 2.46. The van der Waals surface area contributed by atoms with Gasteiger partial charge >= 0.3 is 0 Å². The molecular formula is C18H17NO. The highest BCUT2D eigenvalue weighted by Gasteiger charge is 2.08. The highest BCUT2D eigenvalue weighted by Crippen LogP contribution is 2.32. The van der Waals surface area contributed by atoms with E-state index in [9.17, 15) is 0 Å². The Morgan fingerprint density at radius 2 is 1.60 bits per heavy atom. The Labute approximate surface area is 119 Å². The highest BCUT2D eigenvalue weighted by molar-refractivity contribution is 5.95. The molecule has 20 heavy (non-hydrogen) atoms. The van der Waals surface area contributed by atoms with Crippen LogP contribution in [0.2, 0.25) is 0 Å². The van der Waals surface area contributed by atoms with Crippen molar-refractivity contribution in [2.24, 2.45) is 0 Å². The number of benzene rings is 3. The van der Waals surface area contributed by atoms with Crippen molar-refractivity contribution in [1.82, 2.24) is 0 Å². The van der Waals surface area contributed by atoms with Crippen molar-refractivity contribution in [1.29, 1.82) is 0 Å². The molecule has 0 amide bonds. The summed E-state index contributed by atoms with van der Waals surface area (Å²) in [6.07, 6.45) is 0. The van der Waals surface area contributed by atoms with Gasteiger partial charge in [-0.05, 0) is 23.6 Å². The zero-order chi connectivity index (χ0) is 13.9. The lowest BCUT2D eigenvalue weighted by Crippen LogP contribution is -2.09. The Balaban J connectivity index is 2.10. The van der Waals surface area contributed by atoms with Gasteiger partial charge < -0.3 is 9.64 Å². The first-order valence-corrected chi connectivity index (χ1v) is 6.65. The molecule has 0 saturated heterocycles. The van der Waals surface area contributed by atoms with Gasteiger partial charge in [0.15, 0.2) is 0 Å². The quantitative estimate of drug-likeness (QED) is 0.684. The third-order valence-electron chi connectivity index (χ3n) is 3.57. The molecule has 0 bridgehead atoms. The van der Waals surface area contributed by atoms with Gasteiger partial charge in [0.25, 0.3) is 0 Å². The van der Waals surface area contributed by atoms with Gasteiger partial charge in [-0.1, -0.05) is 42.5 Å². The fourth-order valence-corrected chi connectivity index (χ4v) is 2.46. The number of rotatable bonds is 3. The monoisotopic (exact) mass is 263 g/mol. The molecule has 0 fully saturated rings. The van der Waals surface area contributed by atoms with Gasteiger partial charge in [0, 0.05) is 29.9 Å². The SMILES string of the molecule is COc1cccc(N(C)c2cccc3ccccc23)c1. The summed E-state index contributed by atoms with van der Waals surface area (Å²) in [6, 6.07) is 22.9. The maximum atomic E-state index is 5.30. The van der Waals surface area contributed by atoms with Crippen molar-refractivity contribution in [3.05, 3.63) is 66.7 Å². The van der Waals surface area contributed by atoms with Crippen molar-refractivity contribution in [2.45, 2.75) is 0 Å². The average Bonchev–Trinajstić information content (AvgIpc) is 2.53. The van der Waals surface area contributed by atoms with Gasteiger partial charge in [-0.3, -0.25) is 0 Å². The summed E-state index contributed by atoms with van der Waals surface area (Å²) in [5, 5.41) is 2.50. The first-order chi connectivity index (χ1) is 9.79. The van der Waals surface area contributed by atoms with Crippen LogP contribution in [0.3, 0.4) is 0 Å². The minimum absolute atomic E-state index is 0.870. The molecule has 0 saturated carbocycles. The molecule has 3 rings (SSSR count). The minimum Gasteiger partial charge on any atom is -0.497 e. The number of fused-ring (bicyclic) bond motifs is 1. The number of hydrogen-bond acceptors (Lipinski definition) is 2. The molecule has 0 heterocycles. The van der Waals surface area contributed by atoms with Crippen LogP contribution in [0.15, 0.2) is 66.7 Å². The van der Waals surface area contributed by atoms with Gasteiger partial charge in [0.2, 0.25) is 0 Å². The second-order valence-corrected chi connectivity index (χ2v) is 4.76. The first-order valence-electron chi connectivity index (χ1n) is 6.65. The Kier molecular flexibility index (Phi) is 3.30. The number of nitrogens with zero attached hydrogens (tertiary/aromatic N) is 1. The van der Waals surface area contributed by atoms with Crippen LogP contribution in [-0.4, -0.2) is 14.2 Å². The molecule has 0 spiro atoms. The van der Waals surface area contributed by atoms with E-state index in [1.165, 1.54) is 16.5 Å². The summed E-state index contributed by atoms with van der Waals surface area (Å²) < 4.78 is 5.30. The van der Waals surface area contributed by atoms with Crippen LogP contribution < -0.4 is 9.64 Å². The largest absolute Gasteiger partial charge is 0.497 e. The molecule has 3 aromatic carbocycles. The van der Waals surface area contributed by atoms with Crippen molar-refractivity contribution in [2.75, 3.05) is 19.1 Å². The van der Waals surface area contributed by atoms with Crippen molar-refractivity contribution >= 4 is 22.1 Å². The molecule has 0 aliphatic rings. The maximum Gasteiger partial charge on any atom is 0.120 e. The summed E-state index contributed by atoms with van der Waals surface area (Å²) in [5.41, 5.74) is 2.30. The zero-order valence-electron chi connectivity index (χ0n) is 11.7. The minimum atomic E-state index is 0.870. The molecule has 0 radical (unpaired) electrons. The lowest BCUT2D eigenvalue weighted by Gasteiger charge is -2.22. The van der Waals surface area contributed by atoms with Crippen molar-refractivity contribution < 1.29 is 4.74 Å². The summed E-state index contributed by atoms with van der Waals surface area (Å²) in [7, 11) is 3.77. The van der Waals surface area contributed by atoms with E-state index in [1.54, 1.807) is 7.11 Å². The van der Waals surface area contributed by atoms with E-state index in [0.717, 1.165) is 11.4 Å². The standard InChI is InChI=1S/C18H17NO/c1-19(15-9-6-10-16(13-15)20-2)18-12-5-8-14-7-3-4-11-17(14)18/h3-13H,1-2H3. The van der Waals surface area contributed by atoms with Crippen LogP contribution in [0.5, 0.6) is 5.75 Å². The van der Waals surface area contributed by atoms with Crippen molar-refractivity contribution in [3.63, 3.8) is 0 Å². The average molecular weight is 263 g/mol. The molecule has 0 aromatic heterocycles. The number of hydrogen-bond donors (Lipinski definition) is 0. The maximum absolute atomic E-state index is 5.30. The fraction of sp³-hybridized carbons (Fsp3) is 0.111. The molecule has 0 unspecified atom stereocenters.